The molecule has 100 valence electrons. The molecule has 1 atom stereocenters. The van der Waals surface area contributed by atoms with Crippen molar-refractivity contribution in [3.05, 3.63) is 29.8 Å². The summed E-state index contributed by atoms with van der Waals surface area (Å²) in [5.74, 6) is -1.02. The van der Waals surface area contributed by atoms with Gasteiger partial charge in [0.2, 0.25) is 0 Å². The lowest BCUT2D eigenvalue weighted by molar-refractivity contribution is 0.300. The molecule has 1 aliphatic heterocycles. The molecule has 1 fully saturated rings. The normalized spacial score (nSPS) is 21.6. The van der Waals surface area contributed by atoms with E-state index in [2.05, 4.69) is 17.1 Å². The van der Waals surface area contributed by atoms with Crippen molar-refractivity contribution in [1.29, 1.82) is 0 Å². The Morgan fingerprint density at radius 3 is 2.61 bits per heavy atom. The van der Waals surface area contributed by atoms with Crippen LogP contribution >= 0.6 is 0 Å². The summed E-state index contributed by atoms with van der Waals surface area (Å²) in [6.07, 6.45) is 2.97. The van der Waals surface area contributed by atoms with Gasteiger partial charge in [-0.05, 0) is 44.5 Å². The molecule has 0 radical (unpaired) electrons. The largest absolute Gasteiger partial charge is 0.378 e. The summed E-state index contributed by atoms with van der Waals surface area (Å²) in [6, 6.07) is 4.14. The van der Waals surface area contributed by atoms with Gasteiger partial charge in [0, 0.05) is 12.6 Å². The van der Waals surface area contributed by atoms with E-state index >= 15 is 0 Å². The summed E-state index contributed by atoms with van der Waals surface area (Å²) in [4.78, 5) is 2.37. The Kier molecular flexibility index (Phi) is 4.53. The summed E-state index contributed by atoms with van der Waals surface area (Å²) in [7, 11) is 0. The molecule has 18 heavy (non-hydrogen) atoms. The molecule has 0 amide bonds. The molecule has 1 N–H and O–H groups in total. The minimum absolute atomic E-state index is 0.0208. The standard InChI is InChI=1S/C14H20F2N2/c1-2-18-9-4-5-11(8-10-18)17-14-12(15)6-3-7-13(14)16/h3,6-7,11,17H,2,4-5,8-10H2,1H3. The van der Waals surface area contributed by atoms with Gasteiger partial charge in [0.15, 0.2) is 0 Å². The fourth-order valence-corrected chi connectivity index (χ4v) is 2.46. The summed E-state index contributed by atoms with van der Waals surface area (Å²) in [6.45, 7) is 5.25. The molecule has 1 unspecified atom stereocenters. The van der Waals surface area contributed by atoms with Crippen molar-refractivity contribution >= 4 is 5.69 Å². The Labute approximate surface area is 107 Å². The molecule has 0 aliphatic carbocycles. The highest BCUT2D eigenvalue weighted by atomic mass is 19.1. The number of para-hydroxylation sites is 1. The van der Waals surface area contributed by atoms with Crippen LogP contribution < -0.4 is 5.32 Å². The number of anilines is 1. The predicted molar refractivity (Wildman–Crippen MR) is 69.7 cm³/mol. The number of benzene rings is 1. The van der Waals surface area contributed by atoms with Crippen LogP contribution in [0.4, 0.5) is 14.5 Å². The van der Waals surface area contributed by atoms with Gasteiger partial charge in [0.05, 0.1) is 0 Å². The van der Waals surface area contributed by atoms with Crippen LogP contribution in [0, 0.1) is 11.6 Å². The fourth-order valence-electron chi connectivity index (χ4n) is 2.46. The Morgan fingerprint density at radius 2 is 1.94 bits per heavy atom. The van der Waals surface area contributed by atoms with Gasteiger partial charge in [-0.2, -0.15) is 0 Å². The molecule has 1 aromatic carbocycles. The lowest BCUT2D eigenvalue weighted by Gasteiger charge is -2.19. The molecule has 0 spiro atoms. The van der Waals surface area contributed by atoms with Gasteiger partial charge in [-0.25, -0.2) is 8.78 Å². The van der Waals surface area contributed by atoms with Crippen LogP contribution in [0.1, 0.15) is 26.2 Å². The van der Waals surface area contributed by atoms with E-state index in [0.717, 1.165) is 38.9 Å². The zero-order valence-electron chi connectivity index (χ0n) is 10.8. The number of hydrogen-bond donors (Lipinski definition) is 1. The highest BCUT2D eigenvalue weighted by molar-refractivity contribution is 5.46. The van der Waals surface area contributed by atoms with Crippen molar-refractivity contribution in [3.8, 4) is 0 Å². The van der Waals surface area contributed by atoms with E-state index in [4.69, 9.17) is 0 Å². The molecule has 4 heteroatoms. The van der Waals surface area contributed by atoms with Crippen LogP contribution in [0.3, 0.4) is 0 Å². The molecule has 0 bridgehead atoms. The van der Waals surface area contributed by atoms with E-state index in [0.29, 0.717) is 0 Å². The van der Waals surface area contributed by atoms with Gasteiger partial charge in [-0.3, -0.25) is 0 Å². The highest BCUT2D eigenvalue weighted by Crippen LogP contribution is 2.22. The maximum absolute atomic E-state index is 13.5. The fraction of sp³-hybridized carbons (Fsp3) is 0.571. The van der Waals surface area contributed by atoms with Crippen LogP contribution in [0.15, 0.2) is 18.2 Å². The van der Waals surface area contributed by atoms with Crippen molar-refractivity contribution in [2.75, 3.05) is 25.0 Å². The van der Waals surface area contributed by atoms with E-state index in [1.807, 2.05) is 0 Å². The number of nitrogens with one attached hydrogen (secondary N) is 1. The number of rotatable bonds is 3. The molecule has 2 rings (SSSR count). The van der Waals surface area contributed by atoms with Crippen molar-refractivity contribution in [1.82, 2.24) is 4.90 Å². The summed E-state index contributed by atoms with van der Waals surface area (Å²) in [5, 5.41) is 3.03. The van der Waals surface area contributed by atoms with E-state index < -0.39 is 11.6 Å². The molecule has 1 saturated heterocycles. The third kappa shape index (κ3) is 3.19. The maximum Gasteiger partial charge on any atom is 0.149 e. The summed E-state index contributed by atoms with van der Waals surface area (Å²) >= 11 is 0. The highest BCUT2D eigenvalue weighted by Gasteiger charge is 2.18. The quantitative estimate of drug-likeness (QED) is 0.890. The van der Waals surface area contributed by atoms with Crippen molar-refractivity contribution in [3.63, 3.8) is 0 Å². The first-order valence-electron chi connectivity index (χ1n) is 6.63. The first kappa shape index (κ1) is 13.3. The Morgan fingerprint density at radius 1 is 1.22 bits per heavy atom. The van der Waals surface area contributed by atoms with Crippen LogP contribution in [0.2, 0.25) is 0 Å². The van der Waals surface area contributed by atoms with Crippen LogP contribution in [-0.2, 0) is 0 Å². The van der Waals surface area contributed by atoms with Crippen molar-refractivity contribution in [2.24, 2.45) is 0 Å². The van der Waals surface area contributed by atoms with Gasteiger partial charge in [0.25, 0.3) is 0 Å². The smallest absolute Gasteiger partial charge is 0.149 e. The van der Waals surface area contributed by atoms with E-state index in [1.165, 1.54) is 18.2 Å². The third-order valence-electron chi connectivity index (χ3n) is 3.58. The van der Waals surface area contributed by atoms with Gasteiger partial charge in [-0.15, -0.1) is 0 Å². The van der Waals surface area contributed by atoms with E-state index in [9.17, 15) is 8.78 Å². The second-order valence-electron chi connectivity index (χ2n) is 4.80. The van der Waals surface area contributed by atoms with Crippen molar-refractivity contribution < 1.29 is 8.78 Å². The average molecular weight is 254 g/mol. The monoisotopic (exact) mass is 254 g/mol. The topological polar surface area (TPSA) is 15.3 Å². The SMILES string of the molecule is CCN1CCCC(Nc2c(F)cccc2F)CC1. The van der Waals surface area contributed by atoms with Gasteiger partial charge < -0.3 is 10.2 Å². The first-order valence-corrected chi connectivity index (χ1v) is 6.63. The van der Waals surface area contributed by atoms with Gasteiger partial charge >= 0.3 is 0 Å². The zero-order chi connectivity index (χ0) is 13.0. The minimum Gasteiger partial charge on any atom is -0.378 e. The Hall–Kier alpha value is -1.16. The first-order chi connectivity index (χ1) is 8.70. The van der Waals surface area contributed by atoms with Gasteiger partial charge in [-0.1, -0.05) is 13.0 Å². The maximum atomic E-state index is 13.5. The Bertz CT molecular complexity index is 375. The number of halogens is 2. The van der Waals surface area contributed by atoms with E-state index in [1.54, 1.807) is 0 Å². The molecule has 2 nitrogen and oxygen atoms in total. The molecular formula is C14H20F2N2. The van der Waals surface area contributed by atoms with Gasteiger partial charge in [0.1, 0.15) is 17.3 Å². The number of hydrogen-bond acceptors (Lipinski definition) is 2. The van der Waals surface area contributed by atoms with Crippen molar-refractivity contribution in [2.45, 2.75) is 32.2 Å². The van der Waals surface area contributed by atoms with Crippen LogP contribution in [-0.4, -0.2) is 30.6 Å². The molecule has 1 heterocycles. The van der Waals surface area contributed by atoms with Crippen LogP contribution in [0.5, 0.6) is 0 Å². The molecule has 1 aliphatic rings. The van der Waals surface area contributed by atoms with E-state index in [-0.39, 0.29) is 11.7 Å². The third-order valence-corrected chi connectivity index (χ3v) is 3.58. The minimum atomic E-state index is -0.508. The average Bonchev–Trinajstić information content (AvgIpc) is 2.59. The number of likely N-dealkylation sites (tertiary alicyclic amines) is 1. The number of nitrogens with zero attached hydrogens (tertiary/aromatic N) is 1. The summed E-state index contributed by atoms with van der Waals surface area (Å²) < 4.78 is 27.1. The molecule has 0 aromatic heterocycles. The molecular weight excluding hydrogens is 234 g/mol. The Balaban J connectivity index is 2.01. The lowest BCUT2D eigenvalue weighted by Crippen LogP contribution is -2.26. The molecule has 0 saturated carbocycles. The summed E-state index contributed by atoms with van der Waals surface area (Å²) in [5.41, 5.74) is 0.0208. The molecule has 1 aromatic rings. The second-order valence-corrected chi connectivity index (χ2v) is 4.80. The zero-order valence-corrected chi connectivity index (χ0v) is 10.8. The second kappa shape index (κ2) is 6.14. The predicted octanol–water partition coefficient (Wildman–Crippen LogP) is 3.25. The lowest BCUT2D eigenvalue weighted by atomic mass is 10.1. The van der Waals surface area contributed by atoms with Crippen LogP contribution in [0.25, 0.3) is 0 Å².